The van der Waals surface area contributed by atoms with Crippen molar-refractivity contribution in [1.29, 1.82) is 0 Å². The van der Waals surface area contributed by atoms with E-state index < -0.39 is 0 Å². The van der Waals surface area contributed by atoms with E-state index in [1.807, 2.05) is 0 Å². The summed E-state index contributed by atoms with van der Waals surface area (Å²) in [7, 11) is 3.84. The molecule has 0 bridgehead atoms. The number of amides is 2. The number of nitrogens with one attached hydrogen (secondary N) is 2. The van der Waals surface area contributed by atoms with Gasteiger partial charge in [0.2, 0.25) is 0 Å². The van der Waals surface area contributed by atoms with E-state index in [2.05, 4.69) is 22.6 Å². The Morgan fingerprint density at radius 3 is 2.89 bits per heavy atom. The molecule has 2 fully saturated rings. The number of carbonyl (C=O) groups excluding carboxylic acids is 1. The second kappa shape index (κ2) is 6.57. The molecule has 2 rings (SSSR count). The van der Waals surface area contributed by atoms with Crippen LogP contribution in [0, 0.1) is 5.41 Å². The number of hydrogen-bond acceptors (Lipinski definition) is 3. The maximum absolute atomic E-state index is 11.9. The SMILES string of the molecule is COCCC1(CNC(=O)N[C@H]2CCCN(C)C2)CC1. The largest absolute Gasteiger partial charge is 0.385 e. The molecule has 2 aliphatic rings. The summed E-state index contributed by atoms with van der Waals surface area (Å²) in [5.41, 5.74) is 0.316. The summed E-state index contributed by atoms with van der Waals surface area (Å²) in [5.74, 6) is 0. The van der Waals surface area contributed by atoms with E-state index in [-0.39, 0.29) is 6.03 Å². The molecule has 1 aliphatic heterocycles. The number of likely N-dealkylation sites (tertiary alicyclic amines) is 1. The first kappa shape index (κ1) is 14.6. The molecule has 0 spiro atoms. The van der Waals surface area contributed by atoms with Gasteiger partial charge in [0, 0.05) is 32.8 Å². The fourth-order valence-electron chi connectivity index (χ4n) is 2.80. The number of hydrogen-bond donors (Lipinski definition) is 2. The minimum Gasteiger partial charge on any atom is -0.385 e. The highest BCUT2D eigenvalue weighted by Gasteiger charge is 2.42. The first-order valence-corrected chi connectivity index (χ1v) is 7.35. The van der Waals surface area contributed by atoms with Gasteiger partial charge < -0.3 is 20.3 Å². The molecule has 0 radical (unpaired) electrons. The van der Waals surface area contributed by atoms with Gasteiger partial charge in [0.1, 0.15) is 0 Å². The maximum atomic E-state index is 11.9. The van der Waals surface area contributed by atoms with E-state index >= 15 is 0 Å². The average Bonchev–Trinajstić information content (AvgIpc) is 3.15. The van der Waals surface area contributed by atoms with Crippen molar-refractivity contribution in [3.63, 3.8) is 0 Å². The summed E-state index contributed by atoms with van der Waals surface area (Å²) in [6.07, 6.45) is 5.73. The molecule has 5 nitrogen and oxygen atoms in total. The van der Waals surface area contributed by atoms with Gasteiger partial charge in [0.15, 0.2) is 0 Å². The molecule has 1 saturated heterocycles. The zero-order valence-electron chi connectivity index (χ0n) is 12.2. The minimum absolute atomic E-state index is 0.0102. The van der Waals surface area contributed by atoms with Crippen LogP contribution in [0.15, 0.2) is 0 Å². The molecule has 2 N–H and O–H groups in total. The molecule has 0 aromatic heterocycles. The molecular formula is C14H27N3O2. The van der Waals surface area contributed by atoms with Gasteiger partial charge in [-0.25, -0.2) is 4.79 Å². The second-order valence-corrected chi connectivity index (χ2v) is 6.17. The molecule has 19 heavy (non-hydrogen) atoms. The molecule has 2 amide bonds. The van der Waals surface area contributed by atoms with Gasteiger partial charge >= 0.3 is 6.03 Å². The van der Waals surface area contributed by atoms with Crippen LogP contribution in [0.4, 0.5) is 4.79 Å². The number of nitrogens with zero attached hydrogens (tertiary/aromatic N) is 1. The highest BCUT2D eigenvalue weighted by Crippen LogP contribution is 2.48. The number of piperidine rings is 1. The summed E-state index contributed by atoms with van der Waals surface area (Å²) >= 11 is 0. The number of methoxy groups -OCH3 is 1. The van der Waals surface area contributed by atoms with Crippen LogP contribution in [-0.4, -0.2) is 57.4 Å². The Kier molecular flexibility index (Phi) is 5.05. The molecule has 5 heteroatoms. The summed E-state index contributed by atoms with van der Waals surface area (Å²) in [4.78, 5) is 14.2. The van der Waals surface area contributed by atoms with E-state index in [1.54, 1.807) is 7.11 Å². The molecule has 0 aromatic carbocycles. The highest BCUT2D eigenvalue weighted by molar-refractivity contribution is 5.74. The zero-order valence-corrected chi connectivity index (χ0v) is 12.2. The molecule has 0 aromatic rings. The second-order valence-electron chi connectivity index (χ2n) is 6.17. The fraction of sp³-hybridized carbons (Fsp3) is 0.929. The van der Waals surface area contributed by atoms with Crippen molar-refractivity contribution in [2.24, 2.45) is 5.41 Å². The standard InChI is InChI=1S/C14H27N3O2/c1-17-8-3-4-12(10-17)16-13(18)15-11-14(5-6-14)7-9-19-2/h12H,3-11H2,1-2H3,(H2,15,16,18)/t12-/m0/s1. The number of carbonyl (C=O) groups is 1. The Hall–Kier alpha value is -0.810. The number of ether oxygens (including phenoxy) is 1. The van der Waals surface area contributed by atoms with Crippen LogP contribution >= 0.6 is 0 Å². The first-order chi connectivity index (χ1) is 9.13. The summed E-state index contributed by atoms with van der Waals surface area (Å²) < 4.78 is 5.12. The fourth-order valence-corrected chi connectivity index (χ4v) is 2.80. The first-order valence-electron chi connectivity index (χ1n) is 7.35. The topological polar surface area (TPSA) is 53.6 Å². The zero-order chi connectivity index (χ0) is 13.7. The summed E-state index contributed by atoms with van der Waals surface area (Å²) in [5, 5.41) is 6.12. The monoisotopic (exact) mass is 269 g/mol. The number of likely N-dealkylation sites (N-methyl/N-ethyl adjacent to an activating group) is 1. The van der Waals surface area contributed by atoms with Crippen molar-refractivity contribution in [3.8, 4) is 0 Å². The third-order valence-corrected chi connectivity index (χ3v) is 4.38. The van der Waals surface area contributed by atoms with Gasteiger partial charge in [-0.05, 0) is 51.1 Å². The quantitative estimate of drug-likeness (QED) is 0.762. The molecular weight excluding hydrogens is 242 g/mol. The average molecular weight is 269 g/mol. The normalized spacial score (nSPS) is 25.9. The van der Waals surface area contributed by atoms with Crippen LogP contribution < -0.4 is 10.6 Å². The number of urea groups is 1. The predicted molar refractivity (Wildman–Crippen MR) is 75.2 cm³/mol. The Balaban J connectivity index is 1.64. The lowest BCUT2D eigenvalue weighted by molar-refractivity contribution is 0.170. The van der Waals surface area contributed by atoms with Crippen molar-refractivity contribution in [2.45, 2.75) is 38.1 Å². The predicted octanol–water partition coefficient (Wildman–Crippen LogP) is 1.20. The van der Waals surface area contributed by atoms with E-state index in [1.165, 1.54) is 19.3 Å². The van der Waals surface area contributed by atoms with Crippen molar-refractivity contribution in [3.05, 3.63) is 0 Å². The lowest BCUT2D eigenvalue weighted by Crippen LogP contribution is -2.50. The molecule has 1 saturated carbocycles. The van der Waals surface area contributed by atoms with Gasteiger partial charge in [-0.15, -0.1) is 0 Å². The van der Waals surface area contributed by atoms with E-state index in [9.17, 15) is 4.79 Å². The van der Waals surface area contributed by atoms with Crippen molar-refractivity contribution in [2.75, 3.05) is 40.4 Å². The lowest BCUT2D eigenvalue weighted by Gasteiger charge is -2.30. The highest BCUT2D eigenvalue weighted by atomic mass is 16.5. The molecule has 1 heterocycles. The van der Waals surface area contributed by atoms with Crippen molar-refractivity contribution < 1.29 is 9.53 Å². The van der Waals surface area contributed by atoms with Crippen LogP contribution in [0.3, 0.4) is 0 Å². The van der Waals surface area contributed by atoms with Gasteiger partial charge in [-0.1, -0.05) is 0 Å². The summed E-state index contributed by atoms with van der Waals surface area (Å²) in [6, 6.07) is 0.289. The number of rotatable bonds is 6. The van der Waals surface area contributed by atoms with Crippen molar-refractivity contribution >= 4 is 6.03 Å². The molecule has 0 unspecified atom stereocenters. The third kappa shape index (κ3) is 4.66. The Morgan fingerprint density at radius 2 is 2.26 bits per heavy atom. The van der Waals surface area contributed by atoms with Gasteiger partial charge in [0.25, 0.3) is 0 Å². The Morgan fingerprint density at radius 1 is 1.47 bits per heavy atom. The van der Waals surface area contributed by atoms with Gasteiger partial charge in [-0.3, -0.25) is 0 Å². The third-order valence-electron chi connectivity index (χ3n) is 4.38. The van der Waals surface area contributed by atoms with Crippen molar-refractivity contribution in [1.82, 2.24) is 15.5 Å². The van der Waals surface area contributed by atoms with E-state index in [0.717, 1.165) is 39.1 Å². The molecule has 1 atom stereocenters. The lowest BCUT2D eigenvalue weighted by atomic mass is 10.0. The van der Waals surface area contributed by atoms with Gasteiger partial charge in [0.05, 0.1) is 0 Å². The van der Waals surface area contributed by atoms with Crippen LogP contribution in [0.25, 0.3) is 0 Å². The minimum atomic E-state index is -0.0102. The van der Waals surface area contributed by atoms with E-state index in [0.29, 0.717) is 11.5 Å². The summed E-state index contributed by atoms with van der Waals surface area (Å²) in [6.45, 7) is 3.67. The van der Waals surface area contributed by atoms with Crippen LogP contribution in [-0.2, 0) is 4.74 Å². The van der Waals surface area contributed by atoms with Crippen LogP contribution in [0.2, 0.25) is 0 Å². The Labute approximate surface area is 116 Å². The van der Waals surface area contributed by atoms with Crippen LogP contribution in [0.5, 0.6) is 0 Å². The maximum Gasteiger partial charge on any atom is 0.315 e. The molecule has 1 aliphatic carbocycles. The molecule has 110 valence electrons. The smallest absolute Gasteiger partial charge is 0.315 e. The Bertz CT molecular complexity index is 305. The van der Waals surface area contributed by atoms with E-state index in [4.69, 9.17) is 4.74 Å². The van der Waals surface area contributed by atoms with Crippen LogP contribution in [0.1, 0.15) is 32.1 Å². The van der Waals surface area contributed by atoms with Gasteiger partial charge in [-0.2, -0.15) is 0 Å².